The minimum atomic E-state index is -2.74. The molecule has 1 saturated heterocycles. The molecule has 0 radical (unpaired) electrons. The smallest absolute Gasteiger partial charge is 0.296 e. The van der Waals surface area contributed by atoms with Gasteiger partial charge in [-0.15, -0.1) is 0 Å². The lowest BCUT2D eigenvalue weighted by Gasteiger charge is -2.31. The summed E-state index contributed by atoms with van der Waals surface area (Å²) < 4.78 is 15.8. The minimum Gasteiger partial charge on any atom is -0.501 e. The van der Waals surface area contributed by atoms with Gasteiger partial charge in [0.2, 0.25) is 5.75 Å². The molecule has 1 aliphatic heterocycles. The SMILES string of the molecule is Cc1ccc(CNC(=O)c2nc(-c3ncccc3N3CCCCS3(=O)=S)n(C)c(=O)c2O)cc1Cl. The third-order valence-corrected chi connectivity index (χ3v) is 9.09. The third kappa shape index (κ3) is 5.02. The Labute approximate surface area is 212 Å². The van der Waals surface area contributed by atoms with Gasteiger partial charge in [-0.1, -0.05) is 23.7 Å². The van der Waals surface area contributed by atoms with E-state index in [1.54, 1.807) is 22.5 Å². The molecule has 0 bridgehead atoms. The van der Waals surface area contributed by atoms with Crippen LogP contribution in [0, 0.1) is 6.92 Å². The molecule has 0 saturated carbocycles. The average molecular weight is 534 g/mol. The number of anilines is 1. The Balaban J connectivity index is 1.73. The van der Waals surface area contributed by atoms with Crippen LogP contribution >= 0.6 is 11.6 Å². The lowest BCUT2D eigenvalue weighted by Crippen LogP contribution is -2.38. The van der Waals surface area contributed by atoms with E-state index in [0.717, 1.165) is 28.5 Å². The maximum absolute atomic E-state index is 13.1. The van der Waals surface area contributed by atoms with Gasteiger partial charge >= 0.3 is 0 Å². The zero-order valence-corrected chi connectivity index (χ0v) is 21.5. The predicted octanol–water partition coefficient (Wildman–Crippen LogP) is 2.70. The summed E-state index contributed by atoms with van der Waals surface area (Å²) in [5.74, 6) is -1.10. The molecule has 1 atom stereocenters. The molecule has 1 unspecified atom stereocenters. The number of nitrogens with zero attached hydrogens (tertiary/aromatic N) is 4. The van der Waals surface area contributed by atoms with Crippen LogP contribution in [-0.2, 0) is 33.5 Å². The second-order valence-corrected chi connectivity index (χ2v) is 12.2. The first-order chi connectivity index (χ1) is 16.6. The Morgan fingerprint density at radius 2 is 2.09 bits per heavy atom. The standard InChI is InChI=1S/C23H24ClN5O4S2/c1-14-7-8-15(12-16(14)24)13-26-22(31)19-20(30)23(32)28(2)21(27-19)18-17(6-5-9-25-18)29-10-3-4-11-35(29,33)34/h5-9,12,30H,3-4,10-11,13H2,1-2H3,(H,26,31). The number of aromatic hydroxyl groups is 1. The first-order valence-electron chi connectivity index (χ1n) is 10.9. The fraction of sp³-hybridized carbons (Fsp3) is 0.304. The molecule has 3 aromatic rings. The van der Waals surface area contributed by atoms with Crippen molar-refractivity contribution in [3.8, 4) is 17.3 Å². The van der Waals surface area contributed by atoms with E-state index in [-0.39, 0.29) is 18.1 Å². The van der Waals surface area contributed by atoms with E-state index in [1.165, 1.54) is 13.2 Å². The number of carbonyl (C=O) groups is 1. The second kappa shape index (κ2) is 9.92. The summed E-state index contributed by atoms with van der Waals surface area (Å²) in [6.45, 7) is 2.46. The maximum atomic E-state index is 13.1. The summed E-state index contributed by atoms with van der Waals surface area (Å²) in [5, 5.41) is 13.6. The highest BCUT2D eigenvalue weighted by atomic mass is 35.5. The van der Waals surface area contributed by atoms with Crippen LogP contribution in [0.4, 0.5) is 5.69 Å². The fourth-order valence-electron chi connectivity index (χ4n) is 3.80. The van der Waals surface area contributed by atoms with E-state index >= 15 is 0 Å². The van der Waals surface area contributed by atoms with Crippen molar-refractivity contribution in [3.05, 3.63) is 68.7 Å². The van der Waals surface area contributed by atoms with Crippen molar-refractivity contribution in [1.29, 1.82) is 0 Å². The number of pyridine rings is 1. The minimum absolute atomic E-state index is 0.0442. The monoisotopic (exact) mass is 533 g/mol. The maximum Gasteiger partial charge on any atom is 0.296 e. The van der Waals surface area contributed by atoms with E-state index in [0.29, 0.717) is 23.0 Å². The molecule has 1 amide bonds. The fourth-order valence-corrected chi connectivity index (χ4v) is 6.47. The summed E-state index contributed by atoms with van der Waals surface area (Å²) in [5.41, 5.74) is 1.10. The molecule has 0 spiro atoms. The van der Waals surface area contributed by atoms with Crippen LogP contribution in [0.15, 0.2) is 41.3 Å². The van der Waals surface area contributed by atoms with Crippen molar-refractivity contribution in [3.63, 3.8) is 0 Å². The van der Waals surface area contributed by atoms with Gasteiger partial charge in [-0.3, -0.25) is 23.4 Å². The first kappa shape index (κ1) is 25.1. The molecule has 12 heteroatoms. The highest BCUT2D eigenvalue weighted by Crippen LogP contribution is 2.32. The number of halogens is 1. The molecule has 184 valence electrons. The van der Waals surface area contributed by atoms with Gasteiger partial charge in [-0.05, 0) is 49.1 Å². The molecule has 1 aromatic carbocycles. The summed E-state index contributed by atoms with van der Waals surface area (Å²) in [7, 11) is -1.32. The van der Waals surface area contributed by atoms with Crippen LogP contribution in [0.5, 0.6) is 5.75 Å². The van der Waals surface area contributed by atoms with Gasteiger partial charge in [0.25, 0.3) is 11.5 Å². The van der Waals surface area contributed by atoms with Gasteiger partial charge in [0.05, 0.1) is 5.69 Å². The van der Waals surface area contributed by atoms with Gasteiger partial charge < -0.3 is 10.4 Å². The van der Waals surface area contributed by atoms with Crippen LogP contribution in [-0.4, -0.2) is 42.1 Å². The lowest BCUT2D eigenvalue weighted by atomic mass is 10.1. The van der Waals surface area contributed by atoms with Gasteiger partial charge in [0.15, 0.2) is 11.5 Å². The summed E-state index contributed by atoms with van der Waals surface area (Å²) in [6, 6.07) is 8.76. The number of amides is 1. The molecular formula is C23H24ClN5O4S2. The molecule has 2 aromatic heterocycles. The number of aryl methyl sites for hydroxylation is 1. The highest BCUT2D eigenvalue weighted by Gasteiger charge is 2.28. The number of nitrogens with one attached hydrogen (secondary N) is 1. The average Bonchev–Trinajstić information content (AvgIpc) is 2.83. The van der Waals surface area contributed by atoms with Crippen LogP contribution in [0.2, 0.25) is 5.02 Å². The summed E-state index contributed by atoms with van der Waals surface area (Å²) in [6.07, 6.45) is 3.08. The first-order valence-corrected chi connectivity index (χ1v) is 13.9. The van der Waals surface area contributed by atoms with Gasteiger partial charge in [0, 0.05) is 48.3 Å². The van der Waals surface area contributed by atoms with Crippen LogP contribution < -0.4 is 15.2 Å². The zero-order valence-electron chi connectivity index (χ0n) is 19.2. The van der Waals surface area contributed by atoms with Crippen molar-refractivity contribution in [1.82, 2.24) is 19.9 Å². The van der Waals surface area contributed by atoms with Gasteiger partial charge in [-0.2, -0.15) is 0 Å². The molecule has 35 heavy (non-hydrogen) atoms. The quantitative estimate of drug-likeness (QED) is 0.517. The van der Waals surface area contributed by atoms with Crippen molar-refractivity contribution in [2.75, 3.05) is 16.6 Å². The molecule has 2 N–H and O–H groups in total. The van der Waals surface area contributed by atoms with E-state index in [2.05, 4.69) is 15.3 Å². The Morgan fingerprint density at radius 1 is 1.31 bits per heavy atom. The Hall–Kier alpha value is -3.02. The third-order valence-electron chi connectivity index (χ3n) is 5.79. The number of benzene rings is 1. The normalized spacial score (nSPS) is 17.9. The number of aromatic nitrogens is 3. The molecule has 0 aliphatic carbocycles. The van der Waals surface area contributed by atoms with Crippen molar-refractivity contribution in [2.24, 2.45) is 7.05 Å². The molecule has 1 aliphatic rings. The lowest BCUT2D eigenvalue weighted by molar-refractivity contribution is 0.0942. The van der Waals surface area contributed by atoms with E-state index in [9.17, 15) is 18.9 Å². The molecule has 3 heterocycles. The van der Waals surface area contributed by atoms with E-state index in [1.807, 2.05) is 19.1 Å². The largest absolute Gasteiger partial charge is 0.501 e. The summed E-state index contributed by atoms with van der Waals surface area (Å²) in [4.78, 5) is 34.4. The Kier molecular flexibility index (Phi) is 7.11. The van der Waals surface area contributed by atoms with Crippen molar-refractivity contribution in [2.45, 2.75) is 26.3 Å². The number of rotatable bonds is 5. The molecular weight excluding hydrogens is 510 g/mol. The van der Waals surface area contributed by atoms with Gasteiger partial charge in [0.1, 0.15) is 14.4 Å². The Morgan fingerprint density at radius 3 is 2.80 bits per heavy atom. The highest BCUT2D eigenvalue weighted by molar-refractivity contribution is 8.33. The van der Waals surface area contributed by atoms with E-state index in [4.69, 9.17) is 22.8 Å². The zero-order chi connectivity index (χ0) is 25.3. The second-order valence-electron chi connectivity index (χ2n) is 8.23. The topological polar surface area (TPSA) is 117 Å². The molecule has 4 rings (SSSR count). The number of hydrogen-bond donors (Lipinski definition) is 2. The number of hydrogen-bond acceptors (Lipinski definition) is 7. The molecule has 9 nitrogen and oxygen atoms in total. The van der Waals surface area contributed by atoms with Crippen molar-refractivity contribution >= 4 is 43.1 Å². The Bertz CT molecular complexity index is 1470. The van der Waals surface area contributed by atoms with Crippen LogP contribution in [0.25, 0.3) is 11.5 Å². The van der Waals surface area contributed by atoms with Gasteiger partial charge in [-0.25, -0.2) is 9.19 Å². The van der Waals surface area contributed by atoms with Crippen LogP contribution in [0.3, 0.4) is 0 Å². The van der Waals surface area contributed by atoms with Crippen molar-refractivity contribution < 1.29 is 14.1 Å². The summed E-state index contributed by atoms with van der Waals surface area (Å²) >= 11 is 11.5. The predicted molar refractivity (Wildman–Crippen MR) is 139 cm³/mol. The molecule has 1 fully saturated rings. The van der Waals surface area contributed by atoms with E-state index < -0.39 is 31.6 Å². The van der Waals surface area contributed by atoms with Crippen LogP contribution in [0.1, 0.15) is 34.5 Å². The number of carbonyl (C=O) groups excluding carboxylic acids is 1.